The number of benzene rings is 1. The monoisotopic (exact) mass is 308 g/mol. The lowest BCUT2D eigenvalue weighted by Crippen LogP contribution is -2.12. The second-order valence-corrected chi connectivity index (χ2v) is 4.71. The predicted octanol–water partition coefficient (Wildman–Crippen LogP) is 3.17. The highest BCUT2D eigenvalue weighted by atomic mass is 79.9. The van der Waals surface area contributed by atoms with Crippen molar-refractivity contribution in [3.63, 3.8) is 0 Å². The van der Waals surface area contributed by atoms with Gasteiger partial charge in [0.15, 0.2) is 5.69 Å². The van der Waals surface area contributed by atoms with Gasteiger partial charge in [-0.05, 0) is 31.0 Å². The average Bonchev–Trinajstić information content (AvgIpc) is 2.79. The van der Waals surface area contributed by atoms with Gasteiger partial charge in [-0.2, -0.15) is 0 Å². The molecule has 0 aliphatic carbocycles. The highest BCUT2D eigenvalue weighted by Gasteiger charge is 2.10. The molecule has 18 heavy (non-hydrogen) atoms. The highest BCUT2D eigenvalue weighted by molar-refractivity contribution is 9.09. The summed E-state index contributed by atoms with van der Waals surface area (Å²) in [5.41, 5.74) is 2.26. The molecular formula is C13H13BrN2O2. The molecule has 0 aliphatic rings. The number of halogens is 1. The number of amides is 1. The Morgan fingerprint density at radius 3 is 2.67 bits per heavy atom. The molecule has 4 nitrogen and oxygen atoms in total. The van der Waals surface area contributed by atoms with Crippen LogP contribution in [0.1, 0.15) is 21.8 Å². The minimum absolute atomic E-state index is 0.264. The normalized spacial score (nSPS) is 10.3. The quantitative estimate of drug-likeness (QED) is 0.883. The molecule has 0 unspecified atom stereocenters. The first-order chi connectivity index (χ1) is 8.69. The van der Waals surface area contributed by atoms with Crippen LogP contribution in [0.3, 0.4) is 0 Å². The molecule has 5 heteroatoms. The van der Waals surface area contributed by atoms with Gasteiger partial charge in [-0.15, -0.1) is 0 Å². The van der Waals surface area contributed by atoms with Gasteiger partial charge in [-0.1, -0.05) is 33.2 Å². The van der Waals surface area contributed by atoms with E-state index in [1.807, 2.05) is 24.3 Å². The van der Waals surface area contributed by atoms with Crippen molar-refractivity contribution in [1.29, 1.82) is 0 Å². The number of aromatic nitrogens is 1. The molecule has 0 saturated carbocycles. The topological polar surface area (TPSA) is 55.1 Å². The standard InChI is InChI=1S/C13H13BrN2O2/c1-9-8-12(16-18-9)13(17)15-11-4-2-10(3-5-11)6-7-14/h2-5,8H,6-7H2,1H3,(H,15,17). The third-order valence-corrected chi connectivity index (χ3v) is 2.85. The van der Waals surface area contributed by atoms with Gasteiger partial charge in [0.1, 0.15) is 5.76 Å². The molecule has 1 amide bonds. The first-order valence-corrected chi connectivity index (χ1v) is 6.71. The molecule has 2 aromatic rings. The lowest BCUT2D eigenvalue weighted by molar-refractivity contribution is 0.101. The summed E-state index contributed by atoms with van der Waals surface area (Å²) in [7, 11) is 0. The largest absolute Gasteiger partial charge is 0.361 e. The van der Waals surface area contributed by atoms with E-state index in [9.17, 15) is 4.79 Å². The molecule has 2 rings (SSSR count). The maximum atomic E-state index is 11.8. The van der Waals surface area contributed by atoms with Crippen molar-refractivity contribution in [2.75, 3.05) is 10.6 Å². The second kappa shape index (κ2) is 5.82. The van der Waals surface area contributed by atoms with Gasteiger partial charge in [-0.25, -0.2) is 0 Å². The lowest BCUT2D eigenvalue weighted by atomic mass is 10.1. The second-order valence-electron chi connectivity index (χ2n) is 3.91. The molecule has 0 aliphatic heterocycles. The number of anilines is 1. The fourth-order valence-corrected chi connectivity index (χ4v) is 1.99. The Kier molecular flexibility index (Phi) is 4.15. The summed E-state index contributed by atoms with van der Waals surface area (Å²) in [6, 6.07) is 9.34. The molecule has 0 saturated heterocycles. The zero-order chi connectivity index (χ0) is 13.0. The minimum atomic E-state index is -0.264. The van der Waals surface area contributed by atoms with Crippen molar-refractivity contribution in [2.45, 2.75) is 13.3 Å². The maximum Gasteiger partial charge on any atom is 0.277 e. The molecule has 0 spiro atoms. The molecule has 0 radical (unpaired) electrons. The van der Waals surface area contributed by atoms with Crippen LogP contribution >= 0.6 is 15.9 Å². The van der Waals surface area contributed by atoms with E-state index in [-0.39, 0.29) is 11.6 Å². The Morgan fingerprint density at radius 2 is 2.11 bits per heavy atom. The van der Waals surface area contributed by atoms with E-state index < -0.39 is 0 Å². The number of carbonyl (C=O) groups is 1. The summed E-state index contributed by atoms with van der Waals surface area (Å²) in [6.07, 6.45) is 0.969. The average molecular weight is 309 g/mol. The summed E-state index contributed by atoms with van der Waals surface area (Å²) in [5.74, 6) is 0.355. The summed E-state index contributed by atoms with van der Waals surface area (Å²) in [5, 5.41) is 7.36. The predicted molar refractivity (Wildman–Crippen MR) is 73.1 cm³/mol. The van der Waals surface area contributed by atoms with Gasteiger partial charge in [0.2, 0.25) is 0 Å². The number of hydrogen-bond acceptors (Lipinski definition) is 3. The van der Waals surface area contributed by atoms with Crippen LogP contribution in [0.25, 0.3) is 0 Å². The number of nitrogens with one attached hydrogen (secondary N) is 1. The van der Waals surface area contributed by atoms with Crippen molar-refractivity contribution >= 4 is 27.5 Å². The van der Waals surface area contributed by atoms with Gasteiger partial charge < -0.3 is 9.84 Å². The Labute approximate surface area is 113 Å². The number of aryl methyl sites for hydroxylation is 2. The SMILES string of the molecule is Cc1cc(C(=O)Nc2ccc(CCBr)cc2)no1. The van der Waals surface area contributed by atoms with Crippen LogP contribution in [0, 0.1) is 6.92 Å². The van der Waals surface area contributed by atoms with E-state index in [0.29, 0.717) is 5.76 Å². The first kappa shape index (κ1) is 12.8. The Balaban J connectivity index is 2.03. The van der Waals surface area contributed by atoms with Crippen molar-refractivity contribution in [3.05, 3.63) is 47.3 Å². The van der Waals surface area contributed by atoms with Gasteiger partial charge in [0.25, 0.3) is 5.91 Å². The van der Waals surface area contributed by atoms with E-state index in [2.05, 4.69) is 26.4 Å². The molecule has 1 aromatic heterocycles. The van der Waals surface area contributed by atoms with Gasteiger partial charge >= 0.3 is 0 Å². The van der Waals surface area contributed by atoms with E-state index in [1.165, 1.54) is 5.56 Å². The molecule has 0 fully saturated rings. The fraction of sp³-hybridized carbons (Fsp3) is 0.231. The van der Waals surface area contributed by atoms with Crippen LogP contribution in [0.2, 0.25) is 0 Å². The van der Waals surface area contributed by atoms with Crippen LogP contribution in [0.4, 0.5) is 5.69 Å². The summed E-state index contributed by atoms with van der Waals surface area (Å²) in [4.78, 5) is 11.8. The Hall–Kier alpha value is -1.62. The fourth-order valence-electron chi connectivity index (χ4n) is 1.53. The number of hydrogen-bond donors (Lipinski definition) is 1. The van der Waals surface area contributed by atoms with E-state index in [1.54, 1.807) is 13.0 Å². The Morgan fingerprint density at radius 1 is 1.39 bits per heavy atom. The molecule has 0 atom stereocenters. The van der Waals surface area contributed by atoms with Gasteiger partial charge in [-0.3, -0.25) is 4.79 Å². The van der Waals surface area contributed by atoms with Gasteiger partial charge in [0, 0.05) is 17.1 Å². The zero-order valence-corrected chi connectivity index (χ0v) is 11.5. The summed E-state index contributed by atoms with van der Waals surface area (Å²) in [6.45, 7) is 1.75. The van der Waals surface area contributed by atoms with Crippen LogP contribution in [0.5, 0.6) is 0 Å². The van der Waals surface area contributed by atoms with Crippen LogP contribution in [-0.2, 0) is 6.42 Å². The minimum Gasteiger partial charge on any atom is -0.361 e. The molecule has 0 bridgehead atoms. The molecular weight excluding hydrogens is 296 g/mol. The van der Waals surface area contributed by atoms with Crippen LogP contribution < -0.4 is 5.32 Å². The number of alkyl halides is 1. The van der Waals surface area contributed by atoms with Crippen molar-refractivity contribution < 1.29 is 9.32 Å². The third-order valence-electron chi connectivity index (χ3n) is 2.46. The smallest absolute Gasteiger partial charge is 0.277 e. The lowest BCUT2D eigenvalue weighted by Gasteiger charge is -2.04. The van der Waals surface area contributed by atoms with Crippen molar-refractivity contribution in [1.82, 2.24) is 5.16 Å². The van der Waals surface area contributed by atoms with E-state index in [4.69, 9.17) is 4.52 Å². The number of rotatable bonds is 4. The number of carbonyl (C=O) groups excluding carboxylic acids is 1. The molecule has 94 valence electrons. The third kappa shape index (κ3) is 3.20. The van der Waals surface area contributed by atoms with Crippen LogP contribution in [0.15, 0.2) is 34.9 Å². The van der Waals surface area contributed by atoms with Gasteiger partial charge in [0.05, 0.1) is 0 Å². The first-order valence-electron chi connectivity index (χ1n) is 5.58. The zero-order valence-electron chi connectivity index (χ0n) is 9.94. The summed E-state index contributed by atoms with van der Waals surface area (Å²) >= 11 is 3.39. The summed E-state index contributed by atoms with van der Waals surface area (Å²) < 4.78 is 4.86. The molecule has 1 aromatic carbocycles. The molecule has 1 heterocycles. The molecule has 1 N–H and O–H groups in total. The van der Waals surface area contributed by atoms with Crippen molar-refractivity contribution in [2.24, 2.45) is 0 Å². The van der Waals surface area contributed by atoms with Crippen molar-refractivity contribution in [3.8, 4) is 0 Å². The Bertz CT molecular complexity index is 534. The van der Waals surface area contributed by atoms with E-state index in [0.717, 1.165) is 17.4 Å². The number of nitrogens with zero attached hydrogens (tertiary/aromatic N) is 1. The van der Waals surface area contributed by atoms with E-state index >= 15 is 0 Å². The highest BCUT2D eigenvalue weighted by Crippen LogP contribution is 2.12. The van der Waals surface area contributed by atoms with Crippen LogP contribution in [-0.4, -0.2) is 16.4 Å². The maximum absolute atomic E-state index is 11.8.